The minimum atomic E-state index is -0.531. The van der Waals surface area contributed by atoms with Crippen molar-refractivity contribution >= 4 is 40.6 Å². The molecule has 0 aromatic heterocycles. The van der Waals surface area contributed by atoms with Gasteiger partial charge in [0.25, 0.3) is 5.24 Å². The number of fused-ring (bicyclic) bond motifs is 1. The van der Waals surface area contributed by atoms with Crippen molar-refractivity contribution in [2.24, 2.45) is 5.92 Å². The third-order valence-electron chi connectivity index (χ3n) is 6.60. The number of thioether (sulfide) groups is 1. The molecule has 35 heavy (non-hydrogen) atoms. The Kier molecular flexibility index (Phi) is 7.30. The molecule has 0 saturated carbocycles. The van der Waals surface area contributed by atoms with Crippen molar-refractivity contribution in [3.05, 3.63) is 23.3 Å². The third kappa shape index (κ3) is 5.74. The molecule has 3 aliphatic rings. The van der Waals surface area contributed by atoms with E-state index in [9.17, 15) is 19.2 Å². The van der Waals surface area contributed by atoms with Gasteiger partial charge >= 0.3 is 6.09 Å². The fourth-order valence-electron chi connectivity index (χ4n) is 4.88. The van der Waals surface area contributed by atoms with Crippen LogP contribution in [0.4, 0.5) is 15.3 Å². The summed E-state index contributed by atoms with van der Waals surface area (Å²) in [6.07, 6.45) is 2.63. The van der Waals surface area contributed by atoms with Crippen molar-refractivity contribution in [1.82, 2.24) is 10.2 Å². The Bertz CT molecular complexity index is 1030. The van der Waals surface area contributed by atoms with Crippen molar-refractivity contribution in [2.75, 3.05) is 31.6 Å². The molecule has 4 rings (SSSR count). The van der Waals surface area contributed by atoms with Crippen molar-refractivity contribution < 1.29 is 28.7 Å². The minimum absolute atomic E-state index is 0.0469. The van der Waals surface area contributed by atoms with Crippen LogP contribution in [0, 0.1) is 5.92 Å². The number of nitrogens with zero attached hydrogens (tertiary/aromatic N) is 2. The molecule has 1 unspecified atom stereocenters. The summed E-state index contributed by atoms with van der Waals surface area (Å²) in [5.74, 6) is 0.643. The highest BCUT2D eigenvalue weighted by molar-refractivity contribution is 8.15. The molecule has 1 aromatic carbocycles. The van der Waals surface area contributed by atoms with E-state index in [1.165, 1.54) is 0 Å². The largest absolute Gasteiger partial charge is 0.495 e. The van der Waals surface area contributed by atoms with Gasteiger partial charge < -0.3 is 19.3 Å². The Morgan fingerprint density at radius 3 is 2.46 bits per heavy atom. The first-order valence-electron chi connectivity index (χ1n) is 12.0. The van der Waals surface area contributed by atoms with Crippen LogP contribution in [0.5, 0.6) is 5.75 Å². The molecule has 1 atom stereocenters. The number of likely N-dealkylation sites (tertiary alicyclic amines) is 1. The molecule has 3 aliphatic heterocycles. The second kappa shape index (κ2) is 10.1. The molecular weight excluding hydrogens is 470 g/mol. The van der Waals surface area contributed by atoms with Crippen LogP contribution < -0.4 is 15.0 Å². The van der Waals surface area contributed by atoms with Gasteiger partial charge in [0, 0.05) is 26.1 Å². The van der Waals surface area contributed by atoms with Gasteiger partial charge in [0.05, 0.1) is 18.0 Å². The third-order valence-corrected chi connectivity index (χ3v) is 7.58. The van der Waals surface area contributed by atoms with E-state index in [-0.39, 0.29) is 29.1 Å². The lowest BCUT2D eigenvalue weighted by atomic mass is 9.90. The molecular formula is C25H33N3O6S. The first-order chi connectivity index (χ1) is 16.6. The van der Waals surface area contributed by atoms with Crippen molar-refractivity contribution in [2.45, 2.75) is 63.7 Å². The molecule has 2 saturated heterocycles. The minimum Gasteiger partial charge on any atom is -0.495 e. The van der Waals surface area contributed by atoms with Crippen LogP contribution in [0.2, 0.25) is 0 Å². The van der Waals surface area contributed by atoms with Gasteiger partial charge in [-0.25, -0.2) is 4.79 Å². The summed E-state index contributed by atoms with van der Waals surface area (Å²) in [7, 11) is 1.59. The zero-order valence-electron chi connectivity index (χ0n) is 20.7. The normalized spacial score (nSPS) is 21.1. The first kappa shape index (κ1) is 25.3. The van der Waals surface area contributed by atoms with Crippen molar-refractivity contribution in [3.8, 4) is 5.75 Å². The molecule has 1 aromatic rings. The number of piperidine rings is 1. The fourth-order valence-corrected chi connectivity index (χ4v) is 5.73. The standard InChI is InChI=1S/C25H33N3O6S/c1-25(2,3)34-24(32)27-11-9-15(10-12-27)14-28-20(29)8-6-17-16(5-7-18(33-4)21(17)28)13-19-22(30)26-23(31)35-19/h5,7,15,19H,6,8-14H2,1-4H3,(H,26,30,31). The van der Waals surface area contributed by atoms with E-state index in [1.54, 1.807) is 12.0 Å². The van der Waals surface area contributed by atoms with E-state index in [0.717, 1.165) is 41.4 Å². The van der Waals surface area contributed by atoms with Gasteiger partial charge in [-0.3, -0.25) is 19.7 Å². The summed E-state index contributed by atoms with van der Waals surface area (Å²) in [6.45, 7) is 7.30. The van der Waals surface area contributed by atoms with Crippen LogP contribution in [0.15, 0.2) is 12.1 Å². The number of nitrogens with one attached hydrogen (secondary N) is 1. The predicted molar refractivity (Wildman–Crippen MR) is 133 cm³/mol. The number of imide groups is 1. The van der Waals surface area contributed by atoms with Gasteiger partial charge in [-0.05, 0) is 69.6 Å². The maximum Gasteiger partial charge on any atom is 0.410 e. The Morgan fingerprint density at radius 1 is 1.14 bits per heavy atom. The molecule has 0 aliphatic carbocycles. The lowest BCUT2D eigenvalue weighted by molar-refractivity contribution is -0.120. The number of hydrogen-bond acceptors (Lipinski definition) is 7. The van der Waals surface area contributed by atoms with E-state index in [1.807, 2.05) is 37.8 Å². The predicted octanol–water partition coefficient (Wildman–Crippen LogP) is 3.52. The molecule has 1 N–H and O–H groups in total. The zero-order chi connectivity index (χ0) is 25.3. The van der Waals surface area contributed by atoms with Gasteiger partial charge in [-0.15, -0.1) is 0 Å². The summed E-state index contributed by atoms with van der Waals surface area (Å²) >= 11 is 1.01. The number of hydrogen-bond donors (Lipinski definition) is 1. The molecule has 0 bridgehead atoms. The van der Waals surface area contributed by atoms with Crippen LogP contribution in [0.1, 0.15) is 51.2 Å². The lowest BCUT2D eigenvalue weighted by Crippen LogP contribution is -2.45. The highest BCUT2D eigenvalue weighted by Crippen LogP contribution is 2.41. The summed E-state index contributed by atoms with van der Waals surface area (Å²) < 4.78 is 11.1. The van der Waals surface area contributed by atoms with Gasteiger partial charge in [0.1, 0.15) is 11.4 Å². The van der Waals surface area contributed by atoms with Crippen LogP contribution in [-0.2, 0) is 27.2 Å². The lowest BCUT2D eigenvalue weighted by Gasteiger charge is -2.38. The molecule has 4 amide bonds. The Morgan fingerprint density at radius 2 is 1.86 bits per heavy atom. The zero-order valence-corrected chi connectivity index (χ0v) is 21.5. The van der Waals surface area contributed by atoms with Crippen molar-refractivity contribution in [3.63, 3.8) is 0 Å². The fraction of sp³-hybridized carbons (Fsp3) is 0.600. The molecule has 10 heteroatoms. The average molecular weight is 504 g/mol. The number of anilines is 1. The average Bonchev–Trinajstić information content (AvgIpc) is 3.11. The smallest absolute Gasteiger partial charge is 0.410 e. The monoisotopic (exact) mass is 503 g/mol. The van der Waals surface area contributed by atoms with Crippen LogP contribution in [0.25, 0.3) is 0 Å². The van der Waals surface area contributed by atoms with E-state index >= 15 is 0 Å². The van der Waals surface area contributed by atoms with Gasteiger partial charge in [-0.1, -0.05) is 17.8 Å². The van der Waals surface area contributed by atoms with E-state index in [0.29, 0.717) is 44.6 Å². The molecule has 3 heterocycles. The van der Waals surface area contributed by atoms with Gasteiger partial charge in [0.2, 0.25) is 11.8 Å². The Hall–Kier alpha value is -2.75. The molecule has 0 radical (unpaired) electrons. The van der Waals surface area contributed by atoms with E-state index in [4.69, 9.17) is 9.47 Å². The molecule has 9 nitrogen and oxygen atoms in total. The number of ether oxygens (including phenoxy) is 2. The Balaban J connectivity index is 1.50. The number of methoxy groups -OCH3 is 1. The SMILES string of the molecule is COc1ccc(CC2SC(=O)NC2=O)c2c1N(CC1CCN(C(=O)OC(C)(C)C)CC1)C(=O)CC2. The van der Waals surface area contributed by atoms with E-state index in [2.05, 4.69) is 5.32 Å². The van der Waals surface area contributed by atoms with Crippen LogP contribution >= 0.6 is 11.8 Å². The molecule has 0 spiro atoms. The Labute approximate surface area is 209 Å². The number of rotatable bonds is 5. The summed E-state index contributed by atoms with van der Waals surface area (Å²) in [5, 5.41) is 1.55. The molecule has 190 valence electrons. The maximum atomic E-state index is 13.1. The summed E-state index contributed by atoms with van der Waals surface area (Å²) in [5.41, 5.74) is 2.20. The number of carbonyl (C=O) groups excluding carboxylic acids is 4. The maximum absolute atomic E-state index is 13.1. The first-order valence-corrected chi connectivity index (χ1v) is 12.9. The van der Waals surface area contributed by atoms with Crippen LogP contribution in [0.3, 0.4) is 0 Å². The van der Waals surface area contributed by atoms with Gasteiger partial charge in [-0.2, -0.15) is 0 Å². The highest BCUT2D eigenvalue weighted by atomic mass is 32.2. The highest BCUT2D eigenvalue weighted by Gasteiger charge is 2.36. The summed E-state index contributed by atoms with van der Waals surface area (Å²) in [6, 6.07) is 3.77. The molecule has 2 fully saturated rings. The van der Waals surface area contributed by atoms with Gasteiger partial charge in [0.15, 0.2) is 0 Å². The van der Waals surface area contributed by atoms with Crippen molar-refractivity contribution in [1.29, 1.82) is 0 Å². The van der Waals surface area contributed by atoms with E-state index < -0.39 is 10.9 Å². The number of benzene rings is 1. The quantitative estimate of drug-likeness (QED) is 0.655. The number of amides is 4. The second-order valence-corrected chi connectivity index (χ2v) is 11.4. The number of carbonyl (C=O) groups is 4. The topological polar surface area (TPSA) is 105 Å². The summed E-state index contributed by atoms with van der Waals surface area (Å²) in [4.78, 5) is 52.8. The second-order valence-electron chi connectivity index (χ2n) is 10.3. The van der Waals surface area contributed by atoms with Crippen LogP contribution in [-0.4, -0.2) is 65.6 Å².